The van der Waals surface area contributed by atoms with Crippen molar-refractivity contribution in [1.29, 1.82) is 0 Å². The molecule has 1 saturated carbocycles. The number of rotatable bonds is 4. The average Bonchev–Trinajstić information content (AvgIpc) is 3.23. The number of hydrogen-bond acceptors (Lipinski definition) is 2. The smallest absolute Gasteiger partial charge is 0.317 e. The van der Waals surface area contributed by atoms with Crippen LogP contribution >= 0.6 is 0 Å². The molecule has 0 aromatic carbocycles. The summed E-state index contributed by atoms with van der Waals surface area (Å²) in [5.41, 5.74) is 0.509. The van der Waals surface area contributed by atoms with Gasteiger partial charge in [-0.05, 0) is 56.8 Å². The van der Waals surface area contributed by atoms with Crippen LogP contribution in [0, 0.1) is 11.3 Å². The molecule has 3 fully saturated rings. The number of amides is 3. The lowest BCUT2D eigenvalue weighted by Gasteiger charge is -2.40. The Labute approximate surface area is 158 Å². The fourth-order valence-corrected chi connectivity index (χ4v) is 5.12. The van der Waals surface area contributed by atoms with E-state index in [9.17, 15) is 9.59 Å². The predicted molar refractivity (Wildman–Crippen MR) is 104 cm³/mol. The summed E-state index contributed by atoms with van der Waals surface area (Å²) in [6.07, 6.45) is 11.1. The molecule has 0 unspecified atom stereocenters. The Morgan fingerprint density at radius 1 is 0.885 bits per heavy atom. The van der Waals surface area contributed by atoms with E-state index >= 15 is 0 Å². The molecule has 0 radical (unpaired) electrons. The molecule has 1 N–H and O–H groups in total. The van der Waals surface area contributed by atoms with Crippen LogP contribution in [-0.2, 0) is 4.79 Å². The van der Waals surface area contributed by atoms with Crippen molar-refractivity contribution < 1.29 is 9.59 Å². The standard InChI is InChI=1S/C21H37N3O2/c1-3-21(4-2)11-7-18(8-12-21)22-20(26)24-15-9-17(10-16-24)19(25)23-13-5-6-14-23/h17-18H,3-16H2,1-2H3,(H,22,26). The maximum Gasteiger partial charge on any atom is 0.317 e. The van der Waals surface area contributed by atoms with Crippen molar-refractivity contribution in [3.05, 3.63) is 0 Å². The molecule has 26 heavy (non-hydrogen) atoms. The van der Waals surface area contributed by atoms with Crippen molar-refractivity contribution in [3.63, 3.8) is 0 Å². The number of nitrogens with one attached hydrogen (secondary N) is 1. The Bertz CT molecular complexity index is 479. The Morgan fingerprint density at radius 2 is 1.46 bits per heavy atom. The van der Waals surface area contributed by atoms with Crippen molar-refractivity contribution in [2.75, 3.05) is 26.2 Å². The van der Waals surface area contributed by atoms with Gasteiger partial charge in [0, 0.05) is 38.1 Å². The van der Waals surface area contributed by atoms with Gasteiger partial charge >= 0.3 is 6.03 Å². The maximum atomic E-state index is 12.6. The Hall–Kier alpha value is -1.26. The van der Waals surface area contributed by atoms with E-state index in [4.69, 9.17) is 0 Å². The molecule has 2 aliphatic heterocycles. The topological polar surface area (TPSA) is 52.7 Å². The van der Waals surface area contributed by atoms with Gasteiger partial charge in [0.1, 0.15) is 0 Å². The number of carbonyl (C=O) groups is 2. The molecule has 0 atom stereocenters. The lowest BCUT2D eigenvalue weighted by molar-refractivity contribution is -0.135. The van der Waals surface area contributed by atoms with E-state index in [1.807, 2.05) is 9.80 Å². The second-order valence-corrected chi connectivity index (χ2v) is 8.72. The van der Waals surface area contributed by atoms with Crippen molar-refractivity contribution in [2.45, 2.75) is 84.1 Å². The third-order valence-electron chi connectivity index (χ3n) is 7.42. The van der Waals surface area contributed by atoms with Crippen molar-refractivity contribution in [1.82, 2.24) is 15.1 Å². The van der Waals surface area contributed by atoms with Gasteiger partial charge in [0.25, 0.3) is 0 Å². The molecule has 0 aromatic rings. The first-order chi connectivity index (χ1) is 12.6. The molecule has 3 rings (SSSR count). The molecule has 3 amide bonds. The van der Waals surface area contributed by atoms with Crippen molar-refractivity contribution >= 4 is 11.9 Å². The molecule has 2 saturated heterocycles. The highest BCUT2D eigenvalue weighted by atomic mass is 16.2. The number of likely N-dealkylation sites (tertiary alicyclic amines) is 2. The molecule has 0 spiro atoms. The third kappa shape index (κ3) is 4.34. The van der Waals surface area contributed by atoms with Crippen LogP contribution in [0.25, 0.3) is 0 Å². The van der Waals surface area contributed by atoms with Gasteiger partial charge in [-0.25, -0.2) is 4.79 Å². The highest BCUT2D eigenvalue weighted by Gasteiger charge is 2.34. The molecule has 5 nitrogen and oxygen atoms in total. The van der Waals surface area contributed by atoms with E-state index in [-0.39, 0.29) is 11.9 Å². The van der Waals surface area contributed by atoms with Gasteiger partial charge in [-0.15, -0.1) is 0 Å². The molecule has 2 heterocycles. The van der Waals surface area contributed by atoms with Crippen molar-refractivity contribution in [3.8, 4) is 0 Å². The van der Waals surface area contributed by atoms with E-state index in [2.05, 4.69) is 19.2 Å². The first-order valence-corrected chi connectivity index (χ1v) is 10.9. The predicted octanol–water partition coefficient (Wildman–Crippen LogP) is 3.78. The van der Waals surface area contributed by atoms with Crippen molar-refractivity contribution in [2.24, 2.45) is 11.3 Å². The van der Waals surface area contributed by atoms with Gasteiger partial charge in [0.05, 0.1) is 0 Å². The van der Waals surface area contributed by atoms with Gasteiger partial charge in [0.15, 0.2) is 0 Å². The molecular weight excluding hydrogens is 326 g/mol. The fraction of sp³-hybridized carbons (Fsp3) is 0.905. The lowest BCUT2D eigenvalue weighted by Crippen LogP contribution is -2.50. The minimum atomic E-state index is 0.0857. The first kappa shape index (κ1) is 19.5. The van der Waals surface area contributed by atoms with Gasteiger partial charge in [-0.2, -0.15) is 0 Å². The van der Waals surface area contributed by atoms with Crippen LogP contribution in [0.2, 0.25) is 0 Å². The summed E-state index contributed by atoms with van der Waals surface area (Å²) in [6, 6.07) is 0.417. The van der Waals surface area contributed by atoms with E-state index in [1.54, 1.807) is 0 Å². The number of piperidine rings is 1. The quantitative estimate of drug-likeness (QED) is 0.826. The zero-order chi connectivity index (χ0) is 18.6. The summed E-state index contributed by atoms with van der Waals surface area (Å²) in [4.78, 5) is 29.1. The average molecular weight is 364 g/mol. The van der Waals surface area contributed by atoms with E-state index in [0.717, 1.165) is 64.7 Å². The van der Waals surface area contributed by atoms with Crippen LogP contribution in [0.15, 0.2) is 0 Å². The van der Waals surface area contributed by atoms with Gasteiger partial charge < -0.3 is 15.1 Å². The molecule has 0 aromatic heterocycles. The van der Waals surface area contributed by atoms with Gasteiger partial charge in [-0.1, -0.05) is 26.7 Å². The van der Waals surface area contributed by atoms with Crippen LogP contribution in [0.1, 0.15) is 78.1 Å². The van der Waals surface area contributed by atoms with Crippen LogP contribution in [0.5, 0.6) is 0 Å². The summed E-state index contributed by atoms with van der Waals surface area (Å²) in [5, 5.41) is 3.27. The molecule has 148 valence electrons. The van der Waals surface area contributed by atoms with E-state index < -0.39 is 0 Å². The van der Waals surface area contributed by atoms with Crippen LogP contribution < -0.4 is 5.32 Å². The zero-order valence-electron chi connectivity index (χ0n) is 16.8. The second kappa shape index (κ2) is 8.62. The highest BCUT2D eigenvalue weighted by molar-refractivity contribution is 5.80. The van der Waals surface area contributed by atoms with E-state index in [0.29, 0.717) is 17.4 Å². The minimum Gasteiger partial charge on any atom is -0.342 e. The molecule has 5 heteroatoms. The summed E-state index contributed by atoms with van der Waals surface area (Å²) < 4.78 is 0. The molecule has 0 bridgehead atoms. The SMILES string of the molecule is CCC1(CC)CCC(NC(=O)N2CCC(C(=O)N3CCCC3)CC2)CC1. The molecule has 1 aliphatic carbocycles. The normalized spacial score (nSPS) is 24.7. The number of hydrogen-bond donors (Lipinski definition) is 1. The highest BCUT2D eigenvalue weighted by Crippen LogP contribution is 2.41. The van der Waals surface area contributed by atoms with Gasteiger partial charge in [-0.3, -0.25) is 4.79 Å². The summed E-state index contributed by atoms with van der Waals surface area (Å²) in [6.45, 7) is 7.90. The zero-order valence-corrected chi connectivity index (χ0v) is 16.8. The monoisotopic (exact) mass is 363 g/mol. The third-order valence-corrected chi connectivity index (χ3v) is 7.42. The minimum absolute atomic E-state index is 0.0857. The Kier molecular flexibility index (Phi) is 6.46. The largest absolute Gasteiger partial charge is 0.342 e. The lowest BCUT2D eigenvalue weighted by atomic mass is 9.69. The summed E-state index contributed by atoms with van der Waals surface area (Å²) in [5.74, 6) is 0.451. The first-order valence-electron chi connectivity index (χ1n) is 10.9. The summed E-state index contributed by atoms with van der Waals surface area (Å²) in [7, 11) is 0. The fourth-order valence-electron chi connectivity index (χ4n) is 5.12. The van der Waals surface area contributed by atoms with Crippen LogP contribution in [-0.4, -0.2) is 54.0 Å². The number of nitrogens with zero attached hydrogens (tertiary/aromatic N) is 2. The number of urea groups is 1. The second-order valence-electron chi connectivity index (χ2n) is 8.72. The Morgan fingerprint density at radius 3 is 2.00 bits per heavy atom. The summed E-state index contributed by atoms with van der Waals surface area (Å²) >= 11 is 0. The van der Waals surface area contributed by atoms with E-state index in [1.165, 1.54) is 25.7 Å². The number of carbonyl (C=O) groups excluding carboxylic acids is 2. The van der Waals surface area contributed by atoms with Gasteiger partial charge in [0.2, 0.25) is 5.91 Å². The maximum absolute atomic E-state index is 12.6. The van der Waals surface area contributed by atoms with Crippen LogP contribution in [0.4, 0.5) is 4.79 Å². The van der Waals surface area contributed by atoms with Crippen LogP contribution in [0.3, 0.4) is 0 Å². The molecule has 3 aliphatic rings. The molecular formula is C21H37N3O2. The Balaban J connectivity index is 1.41.